The van der Waals surface area contributed by atoms with Gasteiger partial charge in [0.05, 0.1) is 25.3 Å². The number of fused-ring (bicyclic) bond motifs is 1. The third-order valence-electron chi connectivity index (χ3n) is 4.81. The summed E-state index contributed by atoms with van der Waals surface area (Å²) in [6, 6.07) is 20.6. The first-order valence-electron chi connectivity index (χ1n) is 9.88. The maximum atomic E-state index is 14.1. The fraction of sp³-hybridized carbons (Fsp3) is 0.167. The number of carbonyl (C=O) groups excluding carboxylic acids is 2. The Kier molecular flexibility index (Phi) is 6.12. The molecule has 0 unspecified atom stereocenters. The van der Waals surface area contributed by atoms with Crippen LogP contribution in [0.5, 0.6) is 11.5 Å². The van der Waals surface area contributed by atoms with Gasteiger partial charge in [-0.15, -0.1) is 0 Å². The van der Waals surface area contributed by atoms with E-state index >= 15 is 0 Å². The van der Waals surface area contributed by atoms with Gasteiger partial charge in [-0.3, -0.25) is 9.59 Å². The minimum Gasteiger partial charge on any atom is -0.493 e. The number of hydrogen-bond donors (Lipinski definition) is 1. The van der Waals surface area contributed by atoms with Gasteiger partial charge in [0.15, 0.2) is 6.61 Å². The molecule has 1 aliphatic rings. The minimum absolute atomic E-state index is 0.0736. The van der Waals surface area contributed by atoms with Gasteiger partial charge in [0.2, 0.25) is 5.91 Å². The molecule has 0 radical (unpaired) electrons. The number of rotatable bonds is 7. The number of anilines is 2. The van der Waals surface area contributed by atoms with Crippen molar-refractivity contribution in [1.82, 2.24) is 0 Å². The van der Waals surface area contributed by atoms with Crippen LogP contribution in [0.1, 0.15) is 12.0 Å². The van der Waals surface area contributed by atoms with Gasteiger partial charge in [-0.1, -0.05) is 36.4 Å². The summed E-state index contributed by atoms with van der Waals surface area (Å²) in [4.78, 5) is 26.2. The monoisotopic (exact) mass is 420 g/mol. The maximum Gasteiger partial charge on any atom is 0.265 e. The van der Waals surface area contributed by atoms with Gasteiger partial charge in [-0.25, -0.2) is 4.39 Å². The van der Waals surface area contributed by atoms with Crippen LogP contribution in [0, 0.1) is 5.82 Å². The molecule has 0 aliphatic carbocycles. The summed E-state index contributed by atoms with van der Waals surface area (Å²) >= 11 is 0. The first-order valence-corrected chi connectivity index (χ1v) is 9.88. The second-order valence-corrected chi connectivity index (χ2v) is 7.00. The second-order valence-electron chi connectivity index (χ2n) is 7.00. The summed E-state index contributed by atoms with van der Waals surface area (Å²) in [6.07, 6.45) is 0.167. The second kappa shape index (κ2) is 9.30. The quantitative estimate of drug-likeness (QED) is 0.623. The van der Waals surface area contributed by atoms with Crippen molar-refractivity contribution in [2.45, 2.75) is 13.0 Å². The number of hydrogen-bond acceptors (Lipinski definition) is 4. The fourth-order valence-electron chi connectivity index (χ4n) is 3.25. The Balaban J connectivity index is 1.43. The van der Waals surface area contributed by atoms with Gasteiger partial charge in [0, 0.05) is 11.3 Å². The Morgan fingerprint density at radius 2 is 1.84 bits per heavy atom. The van der Waals surface area contributed by atoms with Gasteiger partial charge < -0.3 is 19.7 Å². The molecule has 4 rings (SSSR count). The number of nitrogens with one attached hydrogen (secondary N) is 1. The van der Waals surface area contributed by atoms with E-state index in [1.165, 1.54) is 11.0 Å². The molecule has 1 heterocycles. The van der Waals surface area contributed by atoms with Crippen LogP contribution in [-0.4, -0.2) is 25.0 Å². The minimum atomic E-state index is -0.383. The molecule has 31 heavy (non-hydrogen) atoms. The molecule has 0 saturated heterocycles. The number of amides is 2. The van der Waals surface area contributed by atoms with Crippen molar-refractivity contribution in [3.63, 3.8) is 0 Å². The molecule has 3 aromatic carbocycles. The molecule has 0 bridgehead atoms. The van der Waals surface area contributed by atoms with Crippen molar-refractivity contribution in [3.8, 4) is 11.5 Å². The van der Waals surface area contributed by atoms with Crippen molar-refractivity contribution in [1.29, 1.82) is 0 Å². The summed E-state index contributed by atoms with van der Waals surface area (Å²) in [5.41, 5.74) is 1.40. The SMILES string of the molecule is O=C(CCOc1ccccc1)Nc1ccc2c(c1)N(Cc1ccccc1F)C(=O)CO2. The van der Waals surface area contributed by atoms with E-state index in [9.17, 15) is 14.0 Å². The molecule has 0 aromatic heterocycles. The largest absolute Gasteiger partial charge is 0.493 e. The number of carbonyl (C=O) groups is 2. The normalized spacial score (nSPS) is 12.7. The molecule has 0 fully saturated rings. The highest BCUT2D eigenvalue weighted by molar-refractivity contribution is 5.99. The van der Waals surface area contributed by atoms with E-state index in [0.717, 1.165) is 0 Å². The first kappa shape index (κ1) is 20.4. The molecule has 0 atom stereocenters. The Morgan fingerprint density at radius 1 is 1.06 bits per heavy atom. The lowest BCUT2D eigenvalue weighted by Gasteiger charge is -2.30. The highest BCUT2D eigenvalue weighted by atomic mass is 19.1. The van der Waals surface area contributed by atoms with Crippen LogP contribution in [0.25, 0.3) is 0 Å². The topological polar surface area (TPSA) is 67.9 Å². The average molecular weight is 420 g/mol. The molecule has 1 N–H and O–H groups in total. The molecular weight excluding hydrogens is 399 g/mol. The predicted octanol–water partition coefficient (Wildman–Crippen LogP) is 4.16. The maximum absolute atomic E-state index is 14.1. The summed E-state index contributed by atoms with van der Waals surface area (Å²) in [7, 11) is 0. The van der Waals surface area contributed by atoms with Crippen LogP contribution in [0.4, 0.5) is 15.8 Å². The third kappa shape index (κ3) is 5.01. The van der Waals surface area contributed by atoms with Crippen LogP contribution in [-0.2, 0) is 16.1 Å². The predicted molar refractivity (Wildman–Crippen MR) is 115 cm³/mol. The van der Waals surface area contributed by atoms with E-state index in [2.05, 4.69) is 5.32 Å². The van der Waals surface area contributed by atoms with Gasteiger partial charge in [0.25, 0.3) is 5.91 Å². The summed E-state index contributed by atoms with van der Waals surface area (Å²) in [5, 5.41) is 2.80. The Labute approximate surface area is 179 Å². The third-order valence-corrected chi connectivity index (χ3v) is 4.81. The van der Waals surface area contributed by atoms with Crippen LogP contribution in [0.15, 0.2) is 72.8 Å². The van der Waals surface area contributed by atoms with Crippen molar-refractivity contribution in [2.24, 2.45) is 0 Å². The number of para-hydroxylation sites is 1. The van der Waals surface area contributed by atoms with Crippen molar-refractivity contribution < 1.29 is 23.5 Å². The molecule has 2 amide bonds. The Morgan fingerprint density at radius 3 is 2.65 bits per heavy atom. The van der Waals surface area contributed by atoms with E-state index in [1.54, 1.807) is 36.4 Å². The summed E-state index contributed by atoms with van der Waals surface area (Å²) in [6.45, 7) is 0.190. The van der Waals surface area contributed by atoms with Crippen LogP contribution < -0.4 is 19.7 Å². The molecule has 1 aliphatic heterocycles. The van der Waals surface area contributed by atoms with Gasteiger partial charge in [-0.05, 0) is 36.4 Å². The van der Waals surface area contributed by atoms with Crippen LogP contribution >= 0.6 is 0 Å². The fourth-order valence-corrected chi connectivity index (χ4v) is 3.25. The molecule has 0 spiro atoms. The average Bonchev–Trinajstić information content (AvgIpc) is 2.78. The van der Waals surface area contributed by atoms with Crippen molar-refractivity contribution in [3.05, 3.63) is 84.2 Å². The lowest BCUT2D eigenvalue weighted by atomic mass is 10.1. The lowest BCUT2D eigenvalue weighted by molar-refractivity contribution is -0.121. The van der Waals surface area contributed by atoms with E-state index in [1.807, 2.05) is 30.3 Å². The van der Waals surface area contributed by atoms with Gasteiger partial charge >= 0.3 is 0 Å². The smallest absolute Gasteiger partial charge is 0.265 e. The van der Waals surface area contributed by atoms with E-state index in [4.69, 9.17) is 9.47 Å². The molecule has 6 nitrogen and oxygen atoms in total. The molecule has 7 heteroatoms. The van der Waals surface area contributed by atoms with E-state index < -0.39 is 0 Å². The standard InChI is InChI=1S/C24H21FN2O4/c25-20-9-5-4-6-17(20)15-27-21-14-18(10-11-22(21)31-16-24(27)29)26-23(28)12-13-30-19-7-2-1-3-8-19/h1-11,14H,12-13,15-16H2,(H,26,28). The van der Waals surface area contributed by atoms with E-state index in [-0.39, 0.29) is 43.8 Å². The van der Waals surface area contributed by atoms with E-state index in [0.29, 0.717) is 28.4 Å². The van der Waals surface area contributed by atoms with Crippen molar-refractivity contribution >= 4 is 23.2 Å². The number of halogens is 1. The zero-order valence-corrected chi connectivity index (χ0v) is 16.7. The summed E-state index contributed by atoms with van der Waals surface area (Å²) < 4.78 is 25.1. The highest BCUT2D eigenvalue weighted by Gasteiger charge is 2.27. The zero-order valence-electron chi connectivity index (χ0n) is 16.7. The zero-order chi connectivity index (χ0) is 21.6. The summed E-state index contributed by atoms with van der Waals surface area (Å²) in [5.74, 6) is 0.311. The lowest BCUT2D eigenvalue weighted by Crippen LogP contribution is -2.38. The molecule has 0 saturated carbocycles. The molecular formula is C24H21FN2O4. The molecule has 158 valence electrons. The van der Waals surface area contributed by atoms with Crippen LogP contribution in [0.2, 0.25) is 0 Å². The van der Waals surface area contributed by atoms with Crippen molar-refractivity contribution in [2.75, 3.05) is 23.4 Å². The first-order chi connectivity index (χ1) is 15.1. The number of nitrogens with zero attached hydrogens (tertiary/aromatic N) is 1. The van der Waals surface area contributed by atoms with Crippen LogP contribution in [0.3, 0.4) is 0 Å². The number of ether oxygens (including phenoxy) is 2. The number of benzene rings is 3. The van der Waals surface area contributed by atoms with Gasteiger partial charge in [0.1, 0.15) is 17.3 Å². The molecule has 3 aromatic rings. The Bertz CT molecular complexity index is 1090. The highest BCUT2D eigenvalue weighted by Crippen LogP contribution is 2.35. The Hall–Kier alpha value is -3.87. The van der Waals surface area contributed by atoms with Gasteiger partial charge in [-0.2, -0.15) is 0 Å².